The van der Waals surface area contributed by atoms with Crippen molar-refractivity contribution in [2.75, 3.05) is 19.6 Å². The lowest BCUT2D eigenvalue weighted by molar-refractivity contribution is -0.137. The van der Waals surface area contributed by atoms with Crippen LogP contribution in [0.1, 0.15) is 45.5 Å². The highest BCUT2D eigenvalue weighted by Crippen LogP contribution is 2.28. The van der Waals surface area contributed by atoms with Gasteiger partial charge in [0.05, 0.1) is 0 Å². The van der Waals surface area contributed by atoms with Crippen molar-refractivity contribution in [2.24, 2.45) is 12.5 Å². The Morgan fingerprint density at radius 3 is 2.81 bits per heavy atom. The van der Waals surface area contributed by atoms with E-state index in [1.807, 2.05) is 22.7 Å². The Hall–Kier alpha value is -1.07. The Kier molecular flexibility index (Phi) is 6.23. The van der Waals surface area contributed by atoms with Crippen molar-refractivity contribution in [1.29, 1.82) is 0 Å². The predicted molar refractivity (Wildman–Crippen MR) is 86.5 cm³/mol. The topological polar surface area (TPSA) is 50.2 Å². The molecule has 0 bridgehead atoms. The molecule has 1 amide bonds. The molecular weight excluding hydrogens is 288 g/mol. The Morgan fingerprint density at radius 2 is 2.24 bits per heavy atom. The minimum atomic E-state index is 0. The monoisotopic (exact) mass is 314 g/mol. The number of piperazine rings is 1. The number of hydrogen-bond donors (Lipinski definition) is 1. The first-order valence-electron chi connectivity index (χ1n) is 7.42. The minimum Gasteiger partial charge on any atom is -0.336 e. The first-order chi connectivity index (χ1) is 9.44. The summed E-state index contributed by atoms with van der Waals surface area (Å²) >= 11 is 0. The number of amides is 1. The summed E-state index contributed by atoms with van der Waals surface area (Å²) in [7, 11) is 1.98. The second kappa shape index (κ2) is 7.27. The zero-order chi connectivity index (χ0) is 14.8. The van der Waals surface area contributed by atoms with Crippen molar-refractivity contribution in [1.82, 2.24) is 19.8 Å². The number of nitrogens with one attached hydrogen (secondary N) is 1. The number of imidazole rings is 1. The molecule has 6 heteroatoms. The van der Waals surface area contributed by atoms with E-state index < -0.39 is 0 Å². The minimum absolute atomic E-state index is 0. The van der Waals surface area contributed by atoms with Gasteiger partial charge in [-0.3, -0.25) is 4.79 Å². The van der Waals surface area contributed by atoms with Gasteiger partial charge in [0, 0.05) is 45.5 Å². The predicted octanol–water partition coefficient (Wildman–Crippen LogP) is 2.14. The maximum absolute atomic E-state index is 12.7. The number of aromatic nitrogens is 2. The molecule has 21 heavy (non-hydrogen) atoms. The highest BCUT2D eigenvalue weighted by atomic mass is 35.5. The van der Waals surface area contributed by atoms with Crippen LogP contribution in [0.5, 0.6) is 0 Å². The Morgan fingerprint density at radius 1 is 1.52 bits per heavy atom. The third-order valence-electron chi connectivity index (χ3n) is 4.31. The van der Waals surface area contributed by atoms with Crippen LogP contribution in [-0.4, -0.2) is 40.0 Å². The lowest BCUT2D eigenvalue weighted by Crippen LogP contribution is -2.50. The van der Waals surface area contributed by atoms with Gasteiger partial charge in [-0.2, -0.15) is 0 Å². The second-order valence-electron chi connectivity index (χ2n) is 6.40. The van der Waals surface area contributed by atoms with Crippen LogP contribution in [-0.2, 0) is 11.8 Å². The van der Waals surface area contributed by atoms with Crippen LogP contribution in [0.3, 0.4) is 0 Å². The third kappa shape index (κ3) is 4.20. The summed E-state index contributed by atoms with van der Waals surface area (Å²) in [6, 6.07) is 0.0453. The van der Waals surface area contributed by atoms with Crippen LogP contribution in [0, 0.1) is 5.41 Å². The van der Waals surface area contributed by atoms with E-state index >= 15 is 0 Å². The van der Waals surface area contributed by atoms with E-state index in [-0.39, 0.29) is 29.8 Å². The van der Waals surface area contributed by atoms with Crippen LogP contribution in [0.2, 0.25) is 0 Å². The Labute approximate surface area is 133 Å². The Balaban J connectivity index is 0.00000220. The lowest BCUT2D eigenvalue weighted by atomic mass is 9.85. The Bertz CT molecular complexity index is 472. The molecule has 120 valence electrons. The molecule has 2 heterocycles. The molecule has 1 aromatic rings. The number of carbonyl (C=O) groups is 1. The maximum atomic E-state index is 12.7. The summed E-state index contributed by atoms with van der Waals surface area (Å²) in [5.74, 6) is 1.20. The molecule has 0 radical (unpaired) electrons. The molecule has 2 rings (SSSR count). The molecule has 1 saturated heterocycles. The number of rotatable bonds is 4. The van der Waals surface area contributed by atoms with Gasteiger partial charge in [-0.25, -0.2) is 4.98 Å². The van der Waals surface area contributed by atoms with Gasteiger partial charge < -0.3 is 14.8 Å². The van der Waals surface area contributed by atoms with Crippen LogP contribution in [0.4, 0.5) is 0 Å². The van der Waals surface area contributed by atoms with E-state index in [4.69, 9.17) is 0 Å². The van der Waals surface area contributed by atoms with E-state index in [0.29, 0.717) is 6.42 Å². The number of halogens is 1. The molecule has 0 saturated carbocycles. The fourth-order valence-corrected chi connectivity index (χ4v) is 2.57. The standard InChI is InChI=1S/C15H26N4O.ClH/c1-5-15(2,3)10-13(20)19-9-6-16-11-12(19)14-17-7-8-18(14)4;/h7-8,12,16H,5-6,9-11H2,1-4H3;1H. The molecule has 1 atom stereocenters. The summed E-state index contributed by atoms with van der Waals surface area (Å²) in [6.07, 6.45) is 5.34. The quantitative estimate of drug-likeness (QED) is 0.926. The highest BCUT2D eigenvalue weighted by Gasteiger charge is 2.32. The lowest BCUT2D eigenvalue weighted by Gasteiger charge is -2.37. The molecule has 5 nitrogen and oxygen atoms in total. The summed E-state index contributed by atoms with van der Waals surface area (Å²) < 4.78 is 2.00. The highest BCUT2D eigenvalue weighted by molar-refractivity contribution is 5.85. The molecule has 1 unspecified atom stereocenters. The number of carbonyl (C=O) groups excluding carboxylic acids is 1. The van der Waals surface area contributed by atoms with E-state index in [9.17, 15) is 4.79 Å². The van der Waals surface area contributed by atoms with Gasteiger partial charge in [0.25, 0.3) is 0 Å². The van der Waals surface area contributed by atoms with Gasteiger partial charge in [-0.15, -0.1) is 12.4 Å². The van der Waals surface area contributed by atoms with Crippen LogP contribution < -0.4 is 5.32 Å². The van der Waals surface area contributed by atoms with Crippen LogP contribution >= 0.6 is 12.4 Å². The van der Waals surface area contributed by atoms with Gasteiger partial charge >= 0.3 is 0 Å². The maximum Gasteiger partial charge on any atom is 0.223 e. The zero-order valence-corrected chi connectivity index (χ0v) is 14.2. The molecule has 1 N–H and O–H groups in total. The first-order valence-corrected chi connectivity index (χ1v) is 7.42. The van der Waals surface area contributed by atoms with E-state index in [1.165, 1.54) is 0 Å². The van der Waals surface area contributed by atoms with Crippen molar-refractivity contribution in [3.63, 3.8) is 0 Å². The fraction of sp³-hybridized carbons (Fsp3) is 0.733. The molecule has 1 aliphatic rings. The van der Waals surface area contributed by atoms with Crippen molar-refractivity contribution < 1.29 is 4.79 Å². The van der Waals surface area contributed by atoms with Gasteiger partial charge in [-0.05, 0) is 5.41 Å². The summed E-state index contributed by atoms with van der Waals surface area (Å²) in [5, 5.41) is 3.36. The second-order valence-corrected chi connectivity index (χ2v) is 6.40. The average Bonchev–Trinajstić information content (AvgIpc) is 2.84. The van der Waals surface area contributed by atoms with Crippen molar-refractivity contribution in [3.05, 3.63) is 18.2 Å². The van der Waals surface area contributed by atoms with E-state index in [1.54, 1.807) is 6.20 Å². The molecular formula is C15H27ClN4O. The molecule has 1 aromatic heterocycles. The molecule has 0 spiro atoms. The largest absolute Gasteiger partial charge is 0.336 e. The van der Waals surface area contributed by atoms with Crippen molar-refractivity contribution in [3.8, 4) is 0 Å². The first kappa shape index (κ1) is 18.0. The van der Waals surface area contributed by atoms with Crippen molar-refractivity contribution >= 4 is 18.3 Å². The molecule has 1 fully saturated rings. The van der Waals surface area contributed by atoms with Gasteiger partial charge in [0.1, 0.15) is 11.9 Å². The zero-order valence-electron chi connectivity index (χ0n) is 13.4. The number of nitrogens with zero attached hydrogens (tertiary/aromatic N) is 3. The molecule has 0 aliphatic carbocycles. The van der Waals surface area contributed by atoms with Crippen LogP contribution in [0.25, 0.3) is 0 Å². The summed E-state index contributed by atoms with van der Waals surface area (Å²) in [5.41, 5.74) is 0.0636. The van der Waals surface area contributed by atoms with E-state index in [0.717, 1.165) is 31.9 Å². The number of hydrogen-bond acceptors (Lipinski definition) is 3. The SMILES string of the molecule is CCC(C)(C)CC(=O)N1CCNCC1c1nccn1C.Cl. The number of aryl methyl sites for hydroxylation is 1. The van der Waals surface area contributed by atoms with Gasteiger partial charge in [-0.1, -0.05) is 27.2 Å². The fourth-order valence-electron chi connectivity index (χ4n) is 2.57. The normalized spacial score (nSPS) is 19.2. The molecule has 1 aliphatic heterocycles. The molecule has 0 aromatic carbocycles. The van der Waals surface area contributed by atoms with Gasteiger partial charge in [0.2, 0.25) is 5.91 Å². The third-order valence-corrected chi connectivity index (χ3v) is 4.31. The summed E-state index contributed by atoms with van der Waals surface area (Å²) in [4.78, 5) is 19.1. The van der Waals surface area contributed by atoms with E-state index in [2.05, 4.69) is 31.1 Å². The average molecular weight is 315 g/mol. The van der Waals surface area contributed by atoms with Gasteiger partial charge in [0.15, 0.2) is 0 Å². The smallest absolute Gasteiger partial charge is 0.223 e. The summed E-state index contributed by atoms with van der Waals surface area (Å²) in [6.45, 7) is 8.85. The van der Waals surface area contributed by atoms with Crippen molar-refractivity contribution in [2.45, 2.75) is 39.7 Å². The van der Waals surface area contributed by atoms with Crippen LogP contribution in [0.15, 0.2) is 12.4 Å².